The molecule has 31 heavy (non-hydrogen) atoms. The topological polar surface area (TPSA) is 60.6 Å². The van der Waals surface area contributed by atoms with E-state index < -0.39 is 0 Å². The Kier molecular flexibility index (Phi) is 6.47. The number of anilines is 1. The number of urea groups is 1. The zero-order valence-electron chi connectivity index (χ0n) is 18.7. The lowest BCUT2D eigenvalue weighted by Crippen LogP contribution is -2.38. The van der Waals surface area contributed by atoms with Gasteiger partial charge in [-0.15, -0.1) is 0 Å². The van der Waals surface area contributed by atoms with Gasteiger partial charge in [0.1, 0.15) is 12.4 Å². The first kappa shape index (κ1) is 21.2. The Bertz CT molecular complexity index is 1050. The van der Waals surface area contributed by atoms with Gasteiger partial charge in [-0.3, -0.25) is 0 Å². The van der Waals surface area contributed by atoms with E-state index in [-0.39, 0.29) is 6.03 Å². The number of hydrogen-bond donors (Lipinski definition) is 2. The number of carbonyl (C=O) groups is 1. The number of aromatic nitrogens is 1. The molecule has 6 heteroatoms. The maximum absolute atomic E-state index is 13.1. The van der Waals surface area contributed by atoms with Crippen molar-refractivity contribution in [1.82, 2.24) is 14.8 Å². The number of rotatable bonds is 7. The summed E-state index contributed by atoms with van der Waals surface area (Å²) in [6, 6.07) is 14.0. The van der Waals surface area contributed by atoms with Gasteiger partial charge in [-0.2, -0.15) is 0 Å². The van der Waals surface area contributed by atoms with E-state index in [2.05, 4.69) is 54.2 Å². The summed E-state index contributed by atoms with van der Waals surface area (Å²) in [5.74, 6) is 0.712. The number of likely N-dealkylation sites (N-methyl/N-ethyl adjacent to an activating group) is 1. The van der Waals surface area contributed by atoms with Crippen LogP contribution in [-0.2, 0) is 13.0 Å². The predicted molar refractivity (Wildman–Crippen MR) is 126 cm³/mol. The van der Waals surface area contributed by atoms with E-state index in [1.54, 1.807) is 0 Å². The fourth-order valence-electron chi connectivity index (χ4n) is 4.22. The van der Waals surface area contributed by atoms with Gasteiger partial charge in [0, 0.05) is 48.2 Å². The van der Waals surface area contributed by atoms with Crippen LogP contribution in [0.3, 0.4) is 0 Å². The largest absolute Gasteiger partial charge is 0.490 e. The van der Waals surface area contributed by atoms with Crippen molar-refractivity contribution in [3.63, 3.8) is 0 Å². The number of fused-ring (bicyclic) bond motifs is 3. The zero-order valence-corrected chi connectivity index (χ0v) is 18.7. The predicted octanol–water partition coefficient (Wildman–Crippen LogP) is 4.79. The fraction of sp³-hybridized carbons (Fsp3) is 0.400. The van der Waals surface area contributed by atoms with Gasteiger partial charge >= 0.3 is 6.03 Å². The molecule has 0 atom stereocenters. The van der Waals surface area contributed by atoms with E-state index in [4.69, 9.17) is 4.74 Å². The molecule has 0 saturated carbocycles. The third-order valence-corrected chi connectivity index (χ3v) is 6.11. The molecule has 0 saturated heterocycles. The molecular weight excluding hydrogens is 388 g/mol. The number of ether oxygens (including phenoxy) is 1. The summed E-state index contributed by atoms with van der Waals surface area (Å²) >= 11 is 0. The molecule has 0 radical (unpaired) electrons. The van der Waals surface area contributed by atoms with Crippen LogP contribution >= 0.6 is 0 Å². The van der Waals surface area contributed by atoms with Crippen LogP contribution in [0.4, 0.5) is 10.5 Å². The van der Waals surface area contributed by atoms with Gasteiger partial charge < -0.3 is 24.8 Å². The van der Waals surface area contributed by atoms with E-state index >= 15 is 0 Å². The summed E-state index contributed by atoms with van der Waals surface area (Å²) in [5, 5.41) is 4.28. The van der Waals surface area contributed by atoms with E-state index in [1.807, 2.05) is 29.2 Å². The molecule has 164 valence electrons. The van der Waals surface area contributed by atoms with Crippen LogP contribution < -0.4 is 10.1 Å². The lowest BCUT2D eigenvalue weighted by Gasteiger charge is -2.28. The van der Waals surface area contributed by atoms with E-state index in [0.29, 0.717) is 31.1 Å². The van der Waals surface area contributed by atoms with Crippen molar-refractivity contribution in [1.29, 1.82) is 0 Å². The summed E-state index contributed by atoms with van der Waals surface area (Å²) in [7, 11) is 0. The Balaban J connectivity index is 1.44. The van der Waals surface area contributed by atoms with E-state index in [9.17, 15) is 4.79 Å². The molecular formula is C25H32N4O2. The van der Waals surface area contributed by atoms with Crippen LogP contribution in [0.2, 0.25) is 0 Å². The number of nitrogens with zero attached hydrogens (tertiary/aromatic N) is 2. The number of H-pyrrole nitrogens is 1. The number of hydrogen-bond acceptors (Lipinski definition) is 3. The molecule has 2 amide bonds. The summed E-state index contributed by atoms with van der Waals surface area (Å²) in [5.41, 5.74) is 5.55. The molecule has 0 fully saturated rings. The highest BCUT2D eigenvalue weighted by Crippen LogP contribution is 2.30. The number of nitrogens with one attached hydrogen (secondary N) is 2. The standard InChI is InChI=1S/C25H32N4O2/c1-4-28(5-2)14-15-31-24-9-7-6-8-23(24)27-25(30)29-13-12-22-20(17-29)19-16-18(3)10-11-21(19)26-22/h6-11,16,26H,4-5,12-15,17H2,1-3H3,(H,27,30). The van der Waals surface area contributed by atoms with E-state index in [0.717, 1.165) is 31.6 Å². The third-order valence-electron chi connectivity index (χ3n) is 6.11. The summed E-state index contributed by atoms with van der Waals surface area (Å²) < 4.78 is 5.99. The van der Waals surface area contributed by atoms with Gasteiger partial charge in [0.05, 0.1) is 5.69 Å². The van der Waals surface area contributed by atoms with Crippen molar-refractivity contribution >= 4 is 22.6 Å². The number of aromatic amines is 1. The normalized spacial score (nSPS) is 13.5. The Morgan fingerprint density at radius 2 is 2.00 bits per heavy atom. The third kappa shape index (κ3) is 4.69. The molecule has 1 aromatic heterocycles. The van der Waals surface area contributed by atoms with Crippen molar-refractivity contribution in [2.24, 2.45) is 0 Å². The monoisotopic (exact) mass is 420 g/mol. The van der Waals surface area contributed by atoms with Crippen molar-refractivity contribution in [2.45, 2.75) is 33.7 Å². The first-order chi connectivity index (χ1) is 15.1. The lowest BCUT2D eigenvalue weighted by atomic mass is 10.0. The van der Waals surface area contributed by atoms with Crippen LogP contribution in [-0.4, -0.2) is 53.6 Å². The highest BCUT2D eigenvalue weighted by Gasteiger charge is 2.24. The maximum atomic E-state index is 13.1. The average Bonchev–Trinajstić information content (AvgIpc) is 3.15. The molecule has 4 rings (SSSR count). The Morgan fingerprint density at radius 3 is 2.81 bits per heavy atom. The molecule has 2 N–H and O–H groups in total. The van der Waals surface area contributed by atoms with Crippen molar-refractivity contribution in [2.75, 3.05) is 38.1 Å². The summed E-state index contributed by atoms with van der Waals surface area (Å²) in [6.45, 7) is 11.2. The van der Waals surface area contributed by atoms with Gasteiger partial charge in [0.15, 0.2) is 0 Å². The smallest absolute Gasteiger partial charge is 0.322 e. The minimum atomic E-state index is -0.0903. The summed E-state index contributed by atoms with van der Waals surface area (Å²) in [4.78, 5) is 20.8. The quantitative estimate of drug-likeness (QED) is 0.578. The molecule has 6 nitrogen and oxygen atoms in total. The second-order valence-electron chi connectivity index (χ2n) is 8.10. The van der Waals surface area contributed by atoms with Gasteiger partial charge in [0.25, 0.3) is 0 Å². The molecule has 2 heterocycles. The van der Waals surface area contributed by atoms with Crippen molar-refractivity contribution in [3.05, 3.63) is 59.3 Å². The lowest BCUT2D eigenvalue weighted by molar-refractivity contribution is 0.206. The number of para-hydroxylation sites is 2. The second-order valence-corrected chi connectivity index (χ2v) is 8.10. The fourth-order valence-corrected chi connectivity index (χ4v) is 4.22. The highest BCUT2D eigenvalue weighted by molar-refractivity contribution is 5.92. The summed E-state index contributed by atoms with van der Waals surface area (Å²) in [6.07, 6.45) is 0.832. The van der Waals surface area contributed by atoms with Crippen molar-refractivity contribution < 1.29 is 9.53 Å². The van der Waals surface area contributed by atoms with Gasteiger partial charge in [-0.1, -0.05) is 37.6 Å². The van der Waals surface area contributed by atoms with Gasteiger partial charge in [-0.05, 0) is 44.3 Å². The van der Waals surface area contributed by atoms with Gasteiger partial charge in [0.2, 0.25) is 0 Å². The molecule has 2 aromatic carbocycles. The van der Waals surface area contributed by atoms with Crippen LogP contribution in [0.15, 0.2) is 42.5 Å². The Morgan fingerprint density at radius 1 is 1.19 bits per heavy atom. The molecule has 0 spiro atoms. The average molecular weight is 421 g/mol. The second kappa shape index (κ2) is 9.43. The molecule has 1 aliphatic rings. The number of amides is 2. The van der Waals surface area contributed by atoms with Crippen molar-refractivity contribution in [3.8, 4) is 5.75 Å². The number of aryl methyl sites for hydroxylation is 1. The number of benzene rings is 2. The molecule has 0 unspecified atom stereocenters. The van der Waals surface area contributed by atoms with Crippen LogP contribution in [0.5, 0.6) is 5.75 Å². The Labute approximate surface area is 184 Å². The van der Waals surface area contributed by atoms with Crippen LogP contribution in [0, 0.1) is 6.92 Å². The number of carbonyl (C=O) groups excluding carboxylic acids is 1. The molecule has 1 aliphatic heterocycles. The molecule has 0 bridgehead atoms. The Hall–Kier alpha value is -2.99. The van der Waals surface area contributed by atoms with Crippen LogP contribution in [0.1, 0.15) is 30.7 Å². The first-order valence-electron chi connectivity index (χ1n) is 11.2. The zero-order chi connectivity index (χ0) is 21.8. The maximum Gasteiger partial charge on any atom is 0.322 e. The van der Waals surface area contributed by atoms with Gasteiger partial charge in [-0.25, -0.2) is 4.79 Å². The SMILES string of the molecule is CCN(CC)CCOc1ccccc1NC(=O)N1CCc2[nH]c3ccc(C)cc3c2C1. The highest BCUT2D eigenvalue weighted by atomic mass is 16.5. The molecule has 0 aliphatic carbocycles. The first-order valence-corrected chi connectivity index (χ1v) is 11.2. The van der Waals surface area contributed by atoms with Crippen LogP contribution in [0.25, 0.3) is 10.9 Å². The minimum Gasteiger partial charge on any atom is -0.490 e. The minimum absolute atomic E-state index is 0.0903. The molecule has 3 aromatic rings. The van der Waals surface area contributed by atoms with E-state index in [1.165, 1.54) is 22.2 Å².